The van der Waals surface area contributed by atoms with Gasteiger partial charge in [0.1, 0.15) is 23.2 Å². The molecule has 0 amide bonds. The highest BCUT2D eigenvalue weighted by atomic mass is 32.2. The van der Waals surface area contributed by atoms with Gasteiger partial charge in [-0.05, 0) is 74.9 Å². The minimum absolute atomic E-state index is 0.00147. The van der Waals surface area contributed by atoms with E-state index in [1.807, 2.05) is 6.92 Å². The summed E-state index contributed by atoms with van der Waals surface area (Å²) in [5, 5.41) is 4.61. The Morgan fingerprint density at radius 3 is 2.38 bits per heavy atom. The average molecular weight is 655 g/mol. The molecule has 0 saturated carbocycles. The summed E-state index contributed by atoms with van der Waals surface area (Å²) < 4.78 is 74.7. The van der Waals surface area contributed by atoms with Gasteiger partial charge in [-0.3, -0.25) is 4.79 Å². The van der Waals surface area contributed by atoms with Crippen LogP contribution in [0.2, 0.25) is 0 Å². The molecule has 0 saturated heterocycles. The number of aromatic amines is 1. The Hall–Kier alpha value is -5.69. The second-order valence-corrected chi connectivity index (χ2v) is 13.0. The highest BCUT2D eigenvalue weighted by molar-refractivity contribution is 7.90. The molecule has 0 aliphatic carbocycles. The Bertz CT molecular complexity index is 2530. The van der Waals surface area contributed by atoms with E-state index in [2.05, 4.69) is 15.1 Å². The summed E-state index contributed by atoms with van der Waals surface area (Å²) in [7, 11) is -4.46. The van der Waals surface area contributed by atoms with Gasteiger partial charge in [-0.2, -0.15) is 5.10 Å². The Labute approximate surface area is 266 Å². The molecular formula is C34H25F3N6O3S. The number of aromatic nitrogens is 5. The van der Waals surface area contributed by atoms with Crippen molar-refractivity contribution < 1.29 is 26.4 Å². The first kappa shape index (κ1) is 30.0. The molecule has 0 aliphatic heterocycles. The number of carbonyl (C=O) groups is 1. The second kappa shape index (κ2) is 10.7. The number of nitrogen functional groups attached to an aromatic ring is 1. The summed E-state index contributed by atoms with van der Waals surface area (Å²) in [5.74, 6) is -3.69. The largest absolute Gasteiger partial charge is 0.383 e. The van der Waals surface area contributed by atoms with E-state index in [0.29, 0.717) is 22.4 Å². The normalized spacial score (nSPS) is 12.0. The molecule has 3 aromatic heterocycles. The van der Waals surface area contributed by atoms with Gasteiger partial charge < -0.3 is 10.7 Å². The molecule has 0 unspecified atom stereocenters. The van der Waals surface area contributed by atoms with Crippen molar-refractivity contribution in [2.24, 2.45) is 0 Å². The fourth-order valence-electron chi connectivity index (χ4n) is 5.60. The van der Waals surface area contributed by atoms with Gasteiger partial charge in [0.25, 0.3) is 10.0 Å². The Morgan fingerprint density at radius 1 is 0.894 bits per heavy atom. The van der Waals surface area contributed by atoms with Crippen molar-refractivity contribution in [2.75, 3.05) is 5.73 Å². The summed E-state index contributed by atoms with van der Waals surface area (Å²) >= 11 is 0. The number of aryl methyl sites for hydroxylation is 2. The topological polar surface area (TPSA) is 129 Å². The number of benzene rings is 4. The number of fused-ring (bicyclic) bond motifs is 2. The Balaban J connectivity index is 1.42. The first-order valence-electron chi connectivity index (χ1n) is 14.3. The van der Waals surface area contributed by atoms with Crippen LogP contribution in [-0.2, 0) is 10.0 Å². The number of ketones is 1. The lowest BCUT2D eigenvalue weighted by Gasteiger charge is -2.13. The Kier molecular flexibility index (Phi) is 6.83. The van der Waals surface area contributed by atoms with E-state index < -0.39 is 44.4 Å². The highest BCUT2D eigenvalue weighted by Crippen LogP contribution is 2.34. The van der Waals surface area contributed by atoms with E-state index in [9.17, 15) is 22.0 Å². The van der Waals surface area contributed by atoms with Crippen LogP contribution in [0.4, 0.5) is 19.0 Å². The molecule has 47 heavy (non-hydrogen) atoms. The molecule has 0 radical (unpaired) electrons. The zero-order valence-electron chi connectivity index (χ0n) is 25.1. The number of H-pyrrole nitrogens is 1. The lowest BCUT2D eigenvalue weighted by Crippen LogP contribution is -2.19. The lowest BCUT2D eigenvalue weighted by molar-refractivity contribution is 0.103. The van der Waals surface area contributed by atoms with Crippen LogP contribution in [0, 0.1) is 38.2 Å². The molecule has 3 N–H and O–H groups in total. The third-order valence-electron chi connectivity index (χ3n) is 8.13. The second-order valence-electron chi connectivity index (χ2n) is 11.3. The summed E-state index contributed by atoms with van der Waals surface area (Å²) in [6.07, 6.45) is 1.25. The standard InChI is InChI=1S/C34H25F3N6O3S/c1-17-4-9-23(10-5-17)47(45,46)43-29-12-20(24-15-26(35)18(2)31(36)32(24)37)6-7-21(29)13-30(43)33(44)25-16-39-42(34(25)38)22-8-11-27-28(14-22)41-19(3)40-27/h4-16H,38H2,1-3H3,(H,40,41). The van der Waals surface area contributed by atoms with Crippen LogP contribution in [0.1, 0.15) is 33.0 Å². The van der Waals surface area contributed by atoms with Gasteiger partial charge in [0, 0.05) is 16.5 Å². The number of hydrogen-bond acceptors (Lipinski definition) is 6. The van der Waals surface area contributed by atoms with E-state index >= 15 is 4.39 Å². The van der Waals surface area contributed by atoms with Crippen LogP contribution < -0.4 is 5.73 Å². The van der Waals surface area contributed by atoms with Gasteiger partial charge in [0.2, 0.25) is 5.78 Å². The van der Waals surface area contributed by atoms with Gasteiger partial charge in [0.05, 0.1) is 38.9 Å². The molecule has 0 spiro atoms. The molecule has 236 valence electrons. The third-order valence-corrected chi connectivity index (χ3v) is 9.87. The lowest BCUT2D eigenvalue weighted by atomic mass is 10.0. The van der Waals surface area contributed by atoms with E-state index in [-0.39, 0.29) is 33.1 Å². The number of imidazole rings is 1. The number of nitrogens with one attached hydrogen (secondary N) is 1. The van der Waals surface area contributed by atoms with E-state index in [1.165, 1.54) is 47.3 Å². The van der Waals surface area contributed by atoms with Crippen molar-refractivity contribution >= 4 is 43.6 Å². The minimum Gasteiger partial charge on any atom is -0.383 e. The van der Waals surface area contributed by atoms with E-state index in [0.717, 1.165) is 28.0 Å². The van der Waals surface area contributed by atoms with E-state index in [4.69, 9.17) is 5.73 Å². The fourth-order valence-corrected chi connectivity index (χ4v) is 7.11. The number of carbonyl (C=O) groups excluding carboxylic acids is 1. The maximum absolute atomic E-state index is 15.0. The van der Waals surface area contributed by atoms with Crippen molar-refractivity contribution in [1.29, 1.82) is 0 Å². The van der Waals surface area contributed by atoms with Gasteiger partial charge in [0.15, 0.2) is 11.6 Å². The molecular weight excluding hydrogens is 629 g/mol. The average Bonchev–Trinajstić information content (AvgIpc) is 3.74. The summed E-state index contributed by atoms with van der Waals surface area (Å²) in [6, 6.07) is 17.6. The quantitative estimate of drug-likeness (QED) is 0.151. The van der Waals surface area contributed by atoms with Crippen LogP contribution in [-0.4, -0.2) is 37.9 Å². The number of halogens is 3. The van der Waals surface area contributed by atoms with Crippen molar-refractivity contribution in [2.45, 2.75) is 25.7 Å². The van der Waals surface area contributed by atoms with E-state index in [1.54, 1.807) is 37.3 Å². The van der Waals surface area contributed by atoms with Crippen molar-refractivity contribution in [3.8, 4) is 16.8 Å². The summed E-state index contributed by atoms with van der Waals surface area (Å²) in [4.78, 5) is 21.6. The van der Waals surface area contributed by atoms with Crippen LogP contribution in [0.3, 0.4) is 0 Å². The third kappa shape index (κ3) is 4.77. The Morgan fingerprint density at radius 2 is 1.64 bits per heavy atom. The zero-order valence-corrected chi connectivity index (χ0v) is 26.0. The highest BCUT2D eigenvalue weighted by Gasteiger charge is 2.30. The number of nitrogens with two attached hydrogens (primary N) is 1. The monoisotopic (exact) mass is 654 g/mol. The van der Waals surface area contributed by atoms with Gasteiger partial charge in [-0.1, -0.05) is 29.8 Å². The number of hydrogen-bond donors (Lipinski definition) is 2. The van der Waals surface area contributed by atoms with Gasteiger partial charge >= 0.3 is 0 Å². The molecule has 0 bridgehead atoms. The minimum atomic E-state index is -4.46. The number of anilines is 1. The predicted octanol–water partition coefficient (Wildman–Crippen LogP) is 6.76. The van der Waals surface area contributed by atoms with Crippen molar-refractivity contribution in [3.05, 3.63) is 125 Å². The maximum Gasteiger partial charge on any atom is 0.268 e. The molecule has 4 aromatic carbocycles. The van der Waals surface area contributed by atoms with Gasteiger partial charge in [-0.15, -0.1) is 0 Å². The van der Waals surface area contributed by atoms with Crippen molar-refractivity contribution in [1.82, 2.24) is 23.7 Å². The zero-order chi connectivity index (χ0) is 33.4. The van der Waals surface area contributed by atoms with Crippen LogP contribution in [0.5, 0.6) is 0 Å². The first-order valence-corrected chi connectivity index (χ1v) is 15.8. The molecule has 3 heterocycles. The van der Waals surface area contributed by atoms with Crippen molar-refractivity contribution in [3.63, 3.8) is 0 Å². The van der Waals surface area contributed by atoms with Crippen LogP contribution in [0.25, 0.3) is 38.8 Å². The molecule has 13 heteroatoms. The van der Waals surface area contributed by atoms with Crippen LogP contribution in [0.15, 0.2) is 83.9 Å². The molecule has 0 atom stereocenters. The fraction of sp³-hybridized carbons (Fsp3) is 0.0882. The summed E-state index contributed by atoms with van der Waals surface area (Å²) in [6.45, 7) is 4.73. The predicted molar refractivity (Wildman–Crippen MR) is 172 cm³/mol. The SMILES string of the molecule is Cc1ccc(S(=O)(=O)n2c(C(=O)c3cnn(-c4ccc5[nH]c(C)nc5c4)c3N)cc3ccc(-c4cc(F)c(C)c(F)c4F)cc32)cc1. The number of rotatable bonds is 6. The summed E-state index contributed by atoms with van der Waals surface area (Å²) in [5.41, 5.74) is 7.99. The molecule has 0 fully saturated rings. The maximum atomic E-state index is 15.0. The molecule has 7 aromatic rings. The molecule has 7 rings (SSSR count). The first-order chi connectivity index (χ1) is 22.3. The number of nitrogens with zero attached hydrogens (tertiary/aromatic N) is 4. The molecule has 9 nitrogen and oxygen atoms in total. The van der Waals surface area contributed by atoms with Crippen LogP contribution >= 0.6 is 0 Å². The van der Waals surface area contributed by atoms with Gasteiger partial charge in [-0.25, -0.2) is 35.2 Å². The molecule has 0 aliphatic rings. The smallest absolute Gasteiger partial charge is 0.268 e.